The van der Waals surface area contributed by atoms with Gasteiger partial charge in [-0.1, -0.05) is 24.3 Å². The van der Waals surface area contributed by atoms with E-state index >= 15 is 0 Å². The van der Waals surface area contributed by atoms with Crippen LogP contribution in [-0.2, 0) is 13.0 Å². The summed E-state index contributed by atoms with van der Waals surface area (Å²) in [5, 5.41) is 0. The fraction of sp³-hybridized carbons (Fsp3) is 0.357. The smallest absolute Gasteiger partial charge is 0.324 e. The summed E-state index contributed by atoms with van der Waals surface area (Å²) < 4.78 is 10.2. The van der Waals surface area contributed by atoms with Crippen LogP contribution in [-0.4, -0.2) is 35.7 Å². The molecule has 0 saturated carbocycles. The van der Waals surface area contributed by atoms with E-state index in [0.717, 1.165) is 19.5 Å². The zero-order valence-corrected chi connectivity index (χ0v) is 11.5. The van der Waals surface area contributed by atoms with Crippen LogP contribution in [0, 0.1) is 0 Å². The molecule has 0 fully saturated rings. The SMILES string of the molecule is COc1nc(OC)nc(N2CCc3ccccc3C2)n1. The zero-order valence-electron chi connectivity index (χ0n) is 11.5. The van der Waals surface area contributed by atoms with E-state index in [9.17, 15) is 0 Å². The van der Waals surface area contributed by atoms with Gasteiger partial charge in [-0.25, -0.2) is 0 Å². The summed E-state index contributed by atoms with van der Waals surface area (Å²) in [6.07, 6.45) is 0.979. The second-order valence-electron chi connectivity index (χ2n) is 4.55. The summed E-state index contributed by atoms with van der Waals surface area (Å²) in [4.78, 5) is 14.7. The van der Waals surface area contributed by atoms with Gasteiger partial charge in [-0.05, 0) is 17.5 Å². The van der Waals surface area contributed by atoms with E-state index in [4.69, 9.17) is 9.47 Å². The second kappa shape index (κ2) is 5.32. The van der Waals surface area contributed by atoms with Crippen molar-refractivity contribution in [1.29, 1.82) is 0 Å². The molecule has 1 aliphatic heterocycles. The molecular formula is C14H16N4O2. The molecule has 6 nitrogen and oxygen atoms in total. The van der Waals surface area contributed by atoms with Gasteiger partial charge < -0.3 is 14.4 Å². The van der Waals surface area contributed by atoms with Gasteiger partial charge in [0.25, 0.3) is 0 Å². The van der Waals surface area contributed by atoms with E-state index in [-0.39, 0.29) is 12.0 Å². The van der Waals surface area contributed by atoms with Crippen molar-refractivity contribution in [2.75, 3.05) is 25.7 Å². The van der Waals surface area contributed by atoms with Crippen molar-refractivity contribution in [3.05, 3.63) is 35.4 Å². The fourth-order valence-corrected chi connectivity index (χ4v) is 2.32. The molecule has 1 aromatic carbocycles. The molecule has 104 valence electrons. The summed E-state index contributed by atoms with van der Waals surface area (Å²) in [6.45, 7) is 1.65. The van der Waals surface area contributed by atoms with Crippen LogP contribution in [0.3, 0.4) is 0 Å². The molecule has 0 aliphatic carbocycles. The van der Waals surface area contributed by atoms with E-state index < -0.39 is 0 Å². The summed E-state index contributed by atoms with van der Waals surface area (Å²) >= 11 is 0. The van der Waals surface area contributed by atoms with E-state index in [0.29, 0.717) is 5.95 Å². The Balaban J connectivity index is 1.91. The van der Waals surface area contributed by atoms with Crippen LogP contribution in [0.5, 0.6) is 12.0 Å². The Morgan fingerprint density at radius 3 is 2.25 bits per heavy atom. The number of rotatable bonds is 3. The Morgan fingerprint density at radius 1 is 0.950 bits per heavy atom. The molecule has 2 heterocycles. The normalized spacial score (nSPS) is 13.8. The van der Waals surface area contributed by atoms with Crippen molar-refractivity contribution < 1.29 is 9.47 Å². The molecule has 1 aromatic heterocycles. The molecular weight excluding hydrogens is 256 g/mol. The molecule has 3 rings (SSSR count). The third kappa shape index (κ3) is 2.36. The first-order valence-electron chi connectivity index (χ1n) is 6.46. The third-order valence-electron chi connectivity index (χ3n) is 3.36. The van der Waals surface area contributed by atoms with E-state index in [1.807, 2.05) is 0 Å². The molecule has 0 spiro atoms. The van der Waals surface area contributed by atoms with Crippen LogP contribution in [0.15, 0.2) is 24.3 Å². The number of hydrogen-bond acceptors (Lipinski definition) is 6. The first-order valence-corrected chi connectivity index (χ1v) is 6.46. The molecule has 2 aromatic rings. The molecule has 0 radical (unpaired) electrons. The number of benzene rings is 1. The highest BCUT2D eigenvalue weighted by Gasteiger charge is 2.20. The highest BCUT2D eigenvalue weighted by atomic mass is 16.5. The van der Waals surface area contributed by atoms with Gasteiger partial charge in [0, 0.05) is 13.1 Å². The van der Waals surface area contributed by atoms with Gasteiger partial charge in [0.1, 0.15) is 0 Å². The van der Waals surface area contributed by atoms with Crippen LogP contribution >= 0.6 is 0 Å². The number of nitrogens with zero attached hydrogens (tertiary/aromatic N) is 4. The average Bonchev–Trinajstić information content (AvgIpc) is 2.53. The van der Waals surface area contributed by atoms with Gasteiger partial charge in [0.2, 0.25) is 5.95 Å². The fourth-order valence-electron chi connectivity index (χ4n) is 2.32. The van der Waals surface area contributed by atoms with Crippen LogP contribution in [0.4, 0.5) is 5.95 Å². The van der Waals surface area contributed by atoms with E-state index in [1.54, 1.807) is 0 Å². The Morgan fingerprint density at radius 2 is 1.60 bits per heavy atom. The number of ether oxygens (including phenoxy) is 2. The molecule has 0 bridgehead atoms. The number of aromatic nitrogens is 3. The summed E-state index contributed by atoms with van der Waals surface area (Å²) in [5.74, 6) is 0.586. The van der Waals surface area contributed by atoms with Gasteiger partial charge in [0.05, 0.1) is 14.2 Å². The minimum absolute atomic E-state index is 0.269. The maximum absolute atomic E-state index is 5.09. The lowest BCUT2D eigenvalue weighted by atomic mass is 10.0. The molecule has 6 heteroatoms. The van der Waals surface area contributed by atoms with Crippen molar-refractivity contribution in [2.45, 2.75) is 13.0 Å². The standard InChI is InChI=1S/C14H16N4O2/c1-19-13-15-12(16-14(17-13)20-2)18-8-7-10-5-3-4-6-11(10)9-18/h3-6H,7-9H2,1-2H3. The first kappa shape index (κ1) is 12.7. The van der Waals surface area contributed by atoms with Gasteiger partial charge in [0.15, 0.2) is 0 Å². The van der Waals surface area contributed by atoms with Gasteiger partial charge in [-0.2, -0.15) is 9.97 Å². The van der Waals surface area contributed by atoms with Crippen LogP contribution in [0.2, 0.25) is 0 Å². The second-order valence-corrected chi connectivity index (χ2v) is 4.55. The Kier molecular flexibility index (Phi) is 3.37. The van der Waals surface area contributed by atoms with Crippen molar-refractivity contribution in [3.63, 3.8) is 0 Å². The lowest BCUT2D eigenvalue weighted by Crippen LogP contribution is -2.32. The molecule has 0 N–H and O–H groups in total. The predicted octanol–water partition coefficient (Wildman–Crippen LogP) is 1.45. The topological polar surface area (TPSA) is 60.4 Å². The summed E-state index contributed by atoms with van der Waals surface area (Å²) in [7, 11) is 3.06. The maximum Gasteiger partial charge on any atom is 0.324 e. The lowest BCUT2D eigenvalue weighted by Gasteiger charge is -2.28. The number of methoxy groups -OCH3 is 2. The molecule has 0 amide bonds. The van der Waals surface area contributed by atoms with Gasteiger partial charge in [-0.15, -0.1) is 4.98 Å². The minimum Gasteiger partial charge on any atom is -0.467 e. The minimum atomic E-state index is 0.269. The van der Waals surface area contributed by atoms with Crippen molar-refractivity contribution in [2.24, 2.45) is 0 Å². The zero-order chi connectivity index (χ0) is 13.9. The average molecular weight is 272 g/mol. The lowest BCUT2D eigenvalue weighted by molar-refractivity contribution is 0.339. The van der Waals surface area contributed by atoms with Crippen LogP contribution in [0.1, 0.15) is 11.1 Å². The molecule has 20 heavy (non-hydrogen) atoms. The van der Waals surface area contributed by atoms with Crippen molar-refractivity contribution in [1.82, 2.24) is 15.0 Å². The highest BCUT2D eigenvalue weighted by Crippen LogP contribution is 2.23. The monoisotopic (exact) mass is 272 g/mol. The number of anilines is 1. The summed E-state index contributed by atoms with van der Waals surface area (Å²) in [5.41, 5.74) is 2.69. The Labute approximate surface area is 117 Å². The highest BCUT2D eigenvalue weighted by molar-refractivity contribution is 5.40. The number of fused-ring (bicyclic) bond motifs is 1. The third-order valence-corrected chi connectivity index (χ3v) is 3.36. The molecule has 0 atom stereocenters. The van der Waals surface area contributed by atoms with Crippen LogP contribution < -0.4 is 14.4 Å². The van der Waals surface area contributed by atoms with Gasteiger partial charge in [-0.3, -0.25) is 0 Å². The first-order chi connectivity index (χ1) is 9.80. The number of hydrogen-bond donors (Lipinski definition) is 0. The van der Waals surface area contributed by atoms with E-state index in [1.165, 1.54) is 25.3 Å². The van der Waals surface area contributed by atoms with Crippen LogP contribution in [0.25, 0.3) is 0 Å². The Bertz CT molecular complexity index is 596. The van der Waals surface area contributed by atoms with Crippen molar-refractivity contribution >= 4 is 5.95 Å². The van der Waals surface area contributed by atoms with Crippen molar-refractivity contribution in [3.8, 4) is 12.0 Å². The molecule has 0 saturated heterocycles. The Hall–Kier alpha value is -2.37. The summed E-state index contributed by atoms with van der Waals surface area (Å²) in [6, 6.07) is 8.97. The quantitative estimate of drug-likeness (QED) is 0.843. The largest absolute Gasteiger partial charge is 0.467 e. The van der Waals surface area contributed by atoms with Gasteiger partial charge >= 0.3 is 12.0 Å². The van der Waals surface area contributed by atoms with E-state index in [2.05, 4.69) is 44.1 Å². The molecule has 1 aliphatic rings. The molecule has 0 unspecified atom stereocenters. The maximum atomic E-state index is 5.09. The predicted molar refractivity (Wildman–Crippen MR) is 74.1 cm³/mol.